The average Bonchev–Trinajstić information content (AvgIpc) is 2.59. The van der Waals surface area contributed by atoms with Gasteiger partial charge in [-0.05, 0) is 22.8 Å². The summed E-state index contributed by atoms with van der Waals surface area (Å²) in [6.45, 7) is 0. The molecule has 1 saturated carbocycles. The molecular weight excluding hydrogens is 172 g/mol. The Kier molecular flexibility index (Phi) is 1.60. The lowest BCUT2D eigenvalue weighted by molar-refractivity contribution is -0.117. The number of benzene rings is 1. The van der Waals surface area contributed by atoms with Crippen LogP contribution in [0.5, 0.6) is 0 Å². The Morgan fingerprint density at radius 2 is 2.07 bits per heavy atom. The minimum Gasteiger partial charge on any atom is -0.299 e. The lowest BCUT2D eigenvalue weighted by Crippen LogP contribution is -2.30. The summed E-state index contributed by atoms with van der Waals surface area (Å²) >= 11 is 0. The molecule has 1 nitrogen and oxygen atoms in total. The fraction of sp³-hybridized carbons (Fsp3) is 0.308. The van der Waals surface area contributed by atoms with Gasteiger partial charge < -0.3 is 0 Å². The van der Waals surface area contributed by atoms with E-state index in [2.05, 4.69) is 30.3 Å². The van der Waals surface area contributed by atoms with Gasteiger partial charge in [0.2, 0.25) is 0 Å². The molecule has 1 atom stereocenters. The highest BCUT2D eigenvalue weighted by Gasteiger charge is 2.28. The standard InChI is InChI=1S/C13H12O/c14-11-7-10-6-5-9-3-1-2-4-12(9)13(10)8-11/h1-5,10H,6-8H2. The van der Waals surface area contributed by atoms with Gasteiger partial charge in [-0.3, -0.25) is 4.79 Å². The van der Waals surface area contributed by atoms with E-state index < -0.39 is 0 Å². The predicted octanol–water partition coefficient (Wildman–Crippen LogP) is 1.00. The fourth-order valence-electron chi connectivity index (χ4n) is 2.60. The van der Waals surface area contributed by atoms with Crippen molar-refractivity contribution < 1.29 is 4.79 Å². The first-order valence-electron chi connectivity index (χ1n) is 5.14. The molecule has 2 aliphatic rings. The van der Waals surface area contributed by atoms with Gasteiger partial charge in [0.15, 0.2) is 0 Å². The van der Waals surface area contributed by atoms with Crippen LogP contribution in [0.15, 0.2) is 24.3 Å². The summed E-state index contributed by atoms with van der Waals surface area (Å²) in [7, 11) is 0. The maximum absolute atomic E-state index is 11.4. The van der Waals surface area contributed by atoms with Crippen molar-refractivity contribution in [3.63, 3.8) is 0 Å². The largest absolute Gasteiger partial charge is 0.299 e. The molecule has 0 amide bonds. The molecule has 0 radical (unpaired) electrons. The average molecular weight is 184 g/mol. The topological polar surface area (TPSA) is 17.1 Å². The highest BCUT2D eigenvalue weighted by Crippen LogP contribution is 2.32. The van der Waals surface area contributed by atoms with E-state index in [0.717, 1.165) is 12.8 Å². The first-order chi connectivity index (χ1) is 6.84. The predicted molar refractivity (Wildman–Crippen MR) is 55.9 cm³/mol. The van der Waals surface area contributed by atoms with E-state index >= 15 is 0 Å². The Morgan fingerprint density at radius 3 is 3.00 bits per heavy atom. The van der Waals surface area contributed by atoms with Crippen LogP contribution in [0.25, 0.3) is 11.6 Å². The second kappa shape index (κ2) is 2.81. The van der Waals surface area contributed by atoms with Crippen LogP contribution >= 0.6 is 0 Å². The monoisotopic (exact) mass is 184 g/mol. The highest BCUT2D eigenvalue weighted by molar-refractivity contribution is 5.93. The smallest absolute Gasteiger partial charge is 0.137 e. The lowest BCUT2D eigenvalue weighted by Gasteiger charge is -2.12. The molecule has 0 aromatic heterocycles. The summed E-state index contributed by atoms with van der Waals surface area (Å²) in [5.41, 5.74) is 1.38. The SMILES string of the molecule is O=C1CC2=c3ccccc3=CCC2C1. The molecule has 0 N–H and O–H groups in total. The summed E-state index contributed by atoms with van der Waals surface area (Å²) in [6, 6.07) is 8.41. The van der Waals surface area contributed by atoms with Crippen LogP contribution in [-0.4, -0.2) is 5.78 Å². The van der Waals surface area contributed by atoms with Gasteiger partial charge in [-0.25, -0.2) is 0 Å². The summed E-state index contributed by atoms with van der Waals surface area (Å²) < 4.78 is 0. The Labute approximate surface area is 82.8 Å². The summed E-state index contributed by atoms with van der Waals surface area (Å²) in [4.78, 5) is 11.4. The molecule has 1 fully saturated rings. The summed E-state index contributed by atoms with van der Waals surface area (Å²) in [5.74, 6) is 0.924. The highest BCUT2D eigenvalue weighted by atomic mass is 16.1. The molecule has 1 unspecified atom stereocenters. The third kappa shape index (κ3) is 1.05. The third-order valence-electron chi connectivity index (χ3n) is 3.28. The van der Waals surface area contributed by atoms with Crippen LogP contribution < -0.4 is 10.4 Å². The van der Waals surface area contributed by atoms with E-state index in [1.807, 2.05) is 0 Å². The number of carbonyl (C=O) groups excluding carboxylic acids is 1. The number of fused-ring (bicyclic) bond motifs is 2. The van der Waals surface area contributed by atoms with Crippen molar-refractivity contribution in [1.82, 2.24) is 0 Å². The van der Waals surface area contributed by atoms with Gasteiger partial charge in [-0.15, -0.1) is 0 Å². The maximum atomic E-state index is 11.4. The van der Waals surface area contributed by atoms with Crippen LogP contribution in [0.2, 0.25) is 0 Å². The number of hydrogen-bond donors (Lipinski definition) is 0. The van der Waals surface area contributed by atoms with Crippen molar-refractivity contribution in [2.45, 2.75) is 19.3 Å². The van der Waals surface area contributed by atoms with Crippen LogP contribution in [0.3, 0.4) is 0 Å². The van der Waals surface area contributed by atoms with Gasteiger partial charge in [-0.2, -0.15) is 0 Å². The van der Waals surface area contributed by atoms with Crippen LogP contribution in [0.1, 0.15) is 19.3 Å². The van der Waals surface area contributed by atoms with Crippen molar-refractivity contribution in [2.75, 3.05) is 0 Å². The molecule has 0 spiro atoms. The van der Waals surface area contributed by atoms with E-state index in [9.17, 15) is 4.79 Å². The zero-order chi connectivity index (χ0) is 9.54. The van der Waals surface area contributed by atoms with Gasteiger partial charge in [0.05, 0.1) is 0 Å². The Hall–Kier alpha value is -1.37. The molecular formula is C13H12O. The number of hydrogen-bond acceptors (Lipinski definition) is 1. The second-order valence-corrected chi connectivity index (χ2v) is 4.17. The first kappa shape index (κ1) is 7.98. The van der Waals surface area contributed by atoms with Crippen molar-refractivity contribution in [1.29, 1.82) is 0 Å². The van der Waals surface area contributed by atoms with Crippen molar-refractivity contribution >= 4 is 17.4 Å². The minimum atomic E-state index is 0.412. The maximum Gasteiger partial charge on any atom is 0.137 e. The molecule has 0 heterocycles. The number of ketones is 1. The zero-order valence-electron chi connectivity index (χ0n) is 7.99. The van der Waals surface area contributed by atoms with Gasteiger partial charge in [0.1, 0.15) is 5.78 Å². The minimum absolute atomic E-state index is 0.412. The molecule has 1 heteroatoms. The van der Waals surface area contributed by atoms with Gasteiger partial charge in [0, 0.05) is 12.8 Å². The molecule has 1 aromatic carbocycles. The zero-order valence-corrected chi connectivity index (χ0v) is 7.99. The van der Waals surface area contributed by atoms with Gasteiger partial charge in [-0.1, -0.05) is 35.9 Å². The molecule has 1 aromatic rings. The Bertz CT molecular complexity index is 510. The van der Waals surface area contributed by atoms with Gasteiger partial charge in [0.25, 0.3) is 0 Å². The van der Waals surface area contributed by atoms with Crippen molar-refractivity contribution in [3.05, 3.63) is 34.7 Å². The molecule has 0 saturated heterocycles. The van der Waals surface area contributed by atoms with E-state index in [1.54, 1.807) is 0 Å². The van der Waals surface area contributed by atoms with Gasteiger partial charge >= 0.3 is 0 Å². The molecule has 0 bridgehead atoms. The van der Waals surface area contributed by atoms with Crippen LogP contribution in [0.4, 0.5) is 0 Å². The van der Waals surface area contributed by atoms with Crippen molar-refractivity contribution in [3.8, 4) is 0 Å². The van der Waals surface area contributed by atoms with E-state index in [0.29, 0.717) is 18.1 Å². The number of carbonyl (C=O) groups is 1. The van der Waals surface area contributed by atoms with E-state index in [-0.39, 0.29) is 0 Å². The Balaban J connectivity index is 2.35. The van der Waals surface area contributed by atoms with Crippen LogP contribution in [-0.2, 0) is 4.79 Å². The van der Waals surface area contributed by atoms with E-state index in [1.165, 1.54) is 16.0 Å². The molecule has 14 heavy (non-hydrogen) atoms. The Morgan fingerprint density at radius 1 is 1.21 bits per heavy atom. The molecule has 0 aliphatic heterocycles. The van der Waals surface area contributed by atoms with E-state index in [4.69, 9.17) is 0 Å². The van der Waals surface area contributed by atoms with Crippen molar-refractivity contribution in [2.24, 2.45) is 5.92 Å². The normalized spacial score (nSPS) is 24.1. The van der Waals surface area contributed by atoms with Crippen LogP contribution in [0, 0.1) is 5.92 Å². The fourth-order valence-corrected chi connectivity index (χ4v) is 2.60. The third-order valence-corrected chi connectivity index (χ3v) is 3.28. The molecule has 70 valence electrons. The lowest BCUT2D eigenvalue weighted by atomic mass is 9.91. The number of rotatable bonds is 0. The molecule has 2 aliphatic carbocycles. The summed E-state index contributed by atoms with van der Waals surface area (Å²) in [5, 5.41) is 2.63. The second-order valence-electron chi connectivity index (χ2n) is 4.17. The number of Topliss-reactive ketones (excluding diaryl/α,β-unsaturated/α-hetero) is 1. The quantitative estimate of drug-likeness (QED) is 0.588. The summed E-state index contributed by atoms with van der Waals surface area (Å²) in [6.07, 6.45) is 4.77. The first-order valence-corrected chi connectivity index (χ1v) is 5.14. The molecule has 3 rings (SSSR count).